The highest BCUT2D eigenvalue weighted by atomic mass is 35.5. The van der Waals surface area contributed by atoms with Crippen molar-refractivity contribution in [2.75, 3.05) is 11.9 Å². The SMILES string of the molecule is CCNC(=S)Nc1ccc2ncc(-c3cccc(Cl)n3)nc2n1. The summed E-state index contributed by atoms with van der Waals surface area (Å²) < 4.78 is 0. The van der Waals surface area contributed by atoms with Crippen LogP contribution in [-0.2, 0) is 0 Å². The average Bonchev–Trinajstić information content (AvgIpc) is 2.54. The molecule has 6 nitrogen and oxygen atoms in total. The predicted molar refractivity (Wildman–Crippen MR) is 95.5 cm³/mol. The second-order valence-electron chi connectivity index (χ2n) is 4.62. The van der Waals surface area contributed by atoms with Gasteiger partial charge in [0.05, 0.1) is 11.9 Å². The van der Waals surface area contributed by atoms with E-state index in [1.807, 2.05) is 25.1 Å². The van der Waals surface area contributed by atoms with E-state index in [0.29, 0.717) is 38.6 Å². The van der Waals surface area contributed by atoms with E-state index in [2.05, 4.69) is 30.6 Å². The largest absolute Gasteiger partial charge is 0.363 e. The van der Waals surface area contributed by atoms with Gasteiger partial charge in [0, 0.05) is 6.54 Å². The van der Waals surface area contributed by atoms with E-state index in [4.69, 9.17) is 23.8 Å². The van der Waals surface area contributed by atoms with Crippen LogP contribution in [0.5, 0.6) is 0 Å². The number of anilines is 1. The fraction of sp³-hybridized carbons (Fsp3) is 0.133. The second kappa shape index (κ2) is 6.80. The zero-order valence-electron chi connectivity index (χ0n) is 12.2. The Labute approximate surface area is 143 Å². The molecule has 0 aliphatic carbocycles. The Bertz CT molecular complexity index is 869. The van der Waals surface area contributed by atoms with E-state index < -0.39 is 0 Å². The van der Waals surface area contributed by atoms with E-state index in [0.717, 1.165) is 6.54 Å². The Kier molecular flexibility index (Phi) is 4.59. The summed E-state index contributed by atoms with van der Waals surface area (Å²) in [5.41, 5.74) is 2.46. The summed E-state index contributed by atoms with van der Waals surface area (Å²) in [4.78, 5) is 17.5. The highest BCUT2D eigenvalue weighted by Gasteiger charge is 2.07. The molecule has 3 heterocycles. The van der Waals surface area contributed by atoms with Crippen LogP contribution in [0, 0.1) is 0 Å². The molecule has 2 N–H and O–H groups in total. The van der Waals surface area contributed by atoms with Crippen LogP contribution in [0.2, 0.25) is 5.15 Å². The predicted octanol–water partition coefficient (Wildman–Crippen LogP) is 3.05. The van der Waals surface area contributed by atoms with Gasteiger partial charge in [0.1, 0.15) is 22.2 Å². The third-order valence-electron chi connectivity index (χ3n) is 2.96. The van der Waals surface area contributed by atoms with E-state index >= 15 is 0 Å². The van der Waals surface area contributed by atoms with E-state index in [1.54, 1.807) is 18.3 Å². The number of thiocarbonyl (C=S) groups is 1. The van der Waals surface area contributed by atoms with Gasteiger partial charge in [0.25, 0.3) is 0 Å². The molecule has 23 heavy (non-hydrogen) atoms. The molecule has 0 spiro atoms. The second-order valence-corrected chi connectivity index (χ2v) is 5.42. The summed E-state index contributed by atoms with van der Waals surface area (Å²) >= 11 is 11.1. The number of aromatic nitrogens is 4. The standard InChI is InChI=1S/C15H13ClN6S/c1-2-17-15(23)22-13-7-6-10-14(21-13)20-11(8-18-10)9-4-3-5-12(16)19-9/h3-8H,2H2,1H3,(H2,17,20,21,22,23). The summed E-state index contributed by atoms with van der Waals surface area (Å²) in [5.74, 6) is 0.606. The van der Waals surface area contributed by atoms with Gasteiger partial charge < -0.3 is 10.6 Å². The third kappa shape index (κ3) is 3.69. The first-order valence-electron chi connectivity index (χ1n) is 6.97. The van der Waals surface area contributed by atoms with Crippen LogP contribution in [0.4, 0.5) is 5.82 Å². The van der Waals surface area contributed by atoms with Crippen molar-refractivity contribution in [2.24, 2.45) is 0 Å². The zero-order chi connectivity index (χ0) is 16.2. The smallest absolute Gasteiger partial charge is 0.180 e. The van der Waals surface area contributed by atoms with Crippen LogP contribution < -0.4 is 10.6 Å². The van der Waals surface area contributed by atoms with Crippen molar-refractivity contribution < 1.29 is 0 Å². The maximum absolute atomic E-state index is 5.92. The maximum Gasteiger partial charge on any atom is 0.180 e. The van der Waals surface area contributed by atoms with Crippen molar-refractivity contribution in [3.05, 3.63) is 41.7 Å². The summed E-state index contributed by atoms with van der Waals surface area (Å²) in [5, 5.41) is 6.93. The summed E-state index contributed by atoms with van der Waals surface area (Å²) in [7, 11) is 0. The minimum Gasteiger partial charge on any atom is -0.363 e. The number of hydrogen-bond acceptors (Lipinski definition) is 5. The Morgan fingerprint density at radius 2 is 2.00 bits per heavy atom. The third-order valence-corrected chi connectivity index (χ3v) is 3.42. The summed E-state index contributed by atoms with van der Waals surface area (Å²) in [6, 6.07) is 8.99. The topological polar surface area (TPSA) is 75.6 Å². The number of fused-ring (bicyclic) bond motifs is 1. The number of hydrogen-bond donors (Lipinski definition) is 2. The number of nitrogens with one attached hydrogen (secondary N) is 2. The average molecular weight is 345 g/mol. The molecule has 0 aromatic carbocycles. The molecule has 0 fully saturated rings. The van der Waals surface area contributed by atoms with Crippen LogP contribution in [0.1, 0.15) is 6.92 Å². The molecule has 0 bridgehead atoms. The molecule has 116 valence electrons. The fourth-order valence-electron chi connectivity index (χ4n) is 1.96. The number of nitrogens with zero attached hydrogens (tertiary/aromatic N) is 4. The molecule has 3 rings (SSSR count). The zero-order valence-corrected chi connectivity index (χ0v) is 13.8. The van der Waals surface area contributed by atoms with E-state index in [1.165, 1.54) is 0 Å². The Hall–Kier alpha value is -2.38. The summed E-state index contributed by atoms with van der Waals surface area (Å²) in [6.07, 6.45) is 1.65. The van der Waals surface area contributed by atoms with Crippen molar-refractivity contribution in [3.63, 3.8) is 0 Å². The Morgan fingerprint density at radius 1 is 1.13 bits per heavy atom. The molecule has 0 aliphatic rings. The quantitative estimate of drug-likeness (QED) is 0.558. The van der Waals surface area contributed by atoms with Crippen molar-refractivity contribution in [1.29, 1.82) is 0 Å². The monoisotopic (exact) mass is 344 g/mol. The van der Waals surface area contributed by atoms with Crippen LogP contribution in [0.25, 0.3) is 22.6 Å². The molecule has 0 saturated carbocycles. The highest BCUT2D eigenvalue weighted by Crippen LogP contribution is 2.19. The molecule has 0 radical (unpaired) electrons. The first kappa shape index (κ1) is 15.5. The van der Waals surface area contributed by atoms with Crippen LogP contribution in [0.15, 0.2) is 36.5 Å². The van der Waals surface area contributed by atoms with Crippen LogP contribution in [0.3, 0.4) is 0 Å². The summed E-state index contributed by atoms with van der Waals surface area (Å²) in [6.45, 7) is 2.71. The van der Waals surface area contributed by atoms with Crippen molar-refractivity contribution in [3.8, 4) is 11.4 Å². The minimum absolute atomic E-state index is 0.406. The first-order valence-corrected chi connectivity index (χ1v) is 7.76. The molecule has 0 aliphatic heterocycles. The van der Waals surface area contributed by atoms with Gasteiger partial charge in [-0.15, -0.1) is 0 Å². The molecule has 0 atom stereocenters. The van der Waals surface area contributed by atoms with Gasteiger partial charge in [-0.05, 0) is 43.4 Å². The molecular formula is C15H13ClN6S. The first-order chi connectivity index (χ1) is 11.2. The molecule has 3 aromatic heterocycles. The van der Waals surface area contributed by atoms with Gasteiger partial charge in [-0.1, -0.05) is 17.7 Å². The van der Waals surface area contributed by atoms with Crippen molar-refractivity contribution in [2.45, 2.75) is 6.92 Å². The lowest BCUT2D eigenvalue weighted by atomic mass is 10.3. The Morgan fingerprint density at radius 3 is 2.78 bits per heavy atom. The van der Waals surface area contributed by atoms with Gasteiger partial charge in [0.2, 0.25) is 0 Å². The van der Waals surface area contributed by atoms with Crippen LogP contribution in [-0.4, -0.2) is 31.6 Å². The molecular weight excluding hydrogens is 332 g/mol. The molecule has 8 heteroatoms. The molecule has 0 saturated heterocycles. The van der Waals surface area contributed by atoms with Gasteiger partial charge >= 0.3 is 0 Å². The number of halogens is 1. The fourth-order valence-corrected chi connectivity index (χ4v) is 2.38. The Balaban J connectivity index is 1.96. The van der Waals surface area contributed by atoms with Crippen molar-refractivity contribution >= 4 is 45.9 Å². The van der Waals surface area contributed by atoms with Crippen LogP contribution >= 0.6 is 23.8 Å². The number of pyridine rings is 2. The lowest BCUT2D eigenvalue weighted by Crippen LogP contribution is -2.28. The van der Waals surface area contributed by atoms with E-state index in [-0.39, 0.29) is 0 Å². The van der Waals surface area contributed by atoms with Gasteiger partial charge in [0.15, 0.2) is 10.8 Å². The molecule has 0 unspecified atom stereocenters. The lowest BCUT2D eigenvalue weighted by Gasteiger charge is -2.08. The van der Waals surface area contributed by atoms with Gasteiger partial charge in [-0.2, -0.15) is 0 Å². The van der Waals surface area contributed by atoms with Gasteiger partial charge in [-0.3, -0.25) is 4.98 Å². The normalized spacial score (nSPS) is 10.5. The van der Waals surface area contributed by atoms with E-state index in [9.17, 15) is 0 Å². The highest BCUT2D eigenvalue weighted by molar-refractivity contribution is 7.80. The maximum atomic E-state index is 5.92. The van der Waals surface area contributed by atoms with Gasteiger partial charge in [-0.25, -0.2) is 15.0 Å². The minimum atomic E-state index is 0.406. The molecule has 3 aromatic rings. The number of rotatable bonds is 3. The lowest BCUT2D eigenvalue weighted by molar-refractivity contribution is 0.978. The molecule has 0 amide bonds. The van der Waals surface area contributed by atoms with Crippen molar-refractivity contribution in [1.82, 2.24) is 25.3 Å².